The van der Waals surface area contributed by atoms with Gasteiger partial charge in [-0.15, -0.1) is 0 Å². The van der Waals surface area contributed by atoms with Crippen LogP contribution in [0.15, 0.2) is 11.6 Å². The van der Waals surface area contributed by atoms with E-state index in [9.17, 15) is 14.9 Å². The van der Waals surface area contributed by atoms with Gasteiger partial charge in [0.05, 0.1) is 24.9 Å². The normalized spacial score (nSPS) is 14.8. The van der Waals surface area contributed by atoms with Crippen molar-refractivity contribution in [1.82, 2.24) is 14.5 Å². The topological polar surface area (TPSA) is 109 Å². The Hall–Kier alpha value is -3.16. The van der Waals surface area contributed by atoms with Gasteiger partial charge < -0.3 is 18.9 Å². The van der Waals surface area contributed by atoms with E-state index in [1.54, 1.807) is 18.1 Å². The highest BCUT2D eigenvalue weighted by Crippen LogP contribution is 2.30. The van der Waals surface area contributed by atoms with E-state index in [1.165, 1.54) is 11.3 Å². The van der Waals surface area contributed by atoms with Crippen LogP contribution in [0, 0.1) is 25.2 Å². The Morgan fingerprint density at radius 2 is 2.09 bits per heavy atom. The number of anilines is 1. The van der Waals surface area contributed by atoms with Crippen molar-refractivity contribution in [3.8, 4) is 6.07 Å². The third kappa shape index (κ3) is 6.29. The fourth-order valence-corrected chi connectivity index (χ4v) is 5.16. The number of methoxy groups -OCH3 is 1. The number of fused-ring (bicyclic) bond motifs is 1. The maximum absolute atomic E-state index is 12.9. The number of ether oxygens (including phenoxy) is 2. The van der Waals surface area contributed by atoms with Crippen molar-refractivity contribution < 1.29 is 19.1 Å². The van der Waals surface area contributed by atoms with Gasteiger partial charge in [0.25, 0.3) is 5.91 Å². The third-order valence-electron chi connectivity index (χ3n) is 5.64. The van der Waals surface area contributed by atoms with Crippen LogP contribution in [0.25, 0.3) is 6.08 Å². The number of aryl methyl sites for hydroxylation is 1. The Morgan fingerprint density at radius 3 is 2.71 bits per heavy atom. The fourth-order valence-electron chi connectivity index (χ4n) is 4.14. The number of amides is 2. The van der Waals surface area contributed by atoms with Gasteiger partial charge in [-0.2, -0.15) is 5.26 Å². The molecular weight excluding hydrogens is 466 g/mol. The molecular formula is C25H33N5O4S. The van der Waals surface area contributed by atoms with Crippen LogP contribution in [-0.4, -0.2) is 52.3 Å². The molecule has 1 aliphatic rings. The van der Waals surface area contributed by atoms with E-state index in [1.807, 2.05) is 46.8 Å². The summed E-state index contributed by atoms with van der Waals surface area (Å²) in [7, 11) is 1.66. The number of nitriles is 1. The minimum absolute atomic E-state index is 0.00630. The summed E-state index contributed by atoms with van der Waals surface area (Å²) in [6.45, 7) is 12.9. The zero-order valence-electron chi connectivity index (χ0n) is 21.4. The van der Waals surface area contributed by atoms with Gasteiger partial charge in [0, 0.05) is 36.3 Å². The highest BCUT2D eigenvalue weighted by atomic mass is 32.1. The van der Waals surface area contributed by atoms with Crippen molar-refractivity contribution in [2.75, 3.05) is 25.6 Å². The number of carbonyl (C=O) groups excluding carboxylic acids is 2. The van der Waals surface area contributed by atoms with Gasteiger partial charge in [-0.1, -0.05) is 11.3 Å². The highest BCUT2D eigenvalue weighted by molar-refractivity contribution is 7.15. The van der Waals surface area contributed by atoms with Crippen LogP contribution in [0.1, 0.15) is 61.3 Å². The molecule has 2 amide bonds. The van der Waals surface area contributed by atoms with Gasteiger partial charge in [-0.05, 0) is 59.2 Å². The van der Waals surface area contributed by atoms with Crippen LogP contribution in [0.4, 0.5) is 9.93 Å². The van der Waals surface area contributed by atoms with Crippen LogP contribution >= 0.6 is 11.3 Å². The number of hydrogen-bond donors (Lipinski definition) is 1. The average Bonchev–Trinajstić information content (AvgIpc) is 3.29. The first-order valence-corrected chi connectivity index (χ1v) is 12.3. The molecule has 35 heavy (non-hydrogen) atoms. The van der Waals surface area contributed by atoms with Crippen LogP contribution in [0.2, 0.25) is 0 Å². The number of rotatable bonds is 6. The molecule has 0 radical (unpaired) electrons. The second-order valence-electron chi connectivity index (χ2n) is 9.67. The van der Waals surface area contributed by atoms with Gasteiger partial charge in [0.1, 0.15) is 17.2 Å². The number of carbonyl (C=O) groups is 2. The Kier molecular flexibility index (Phi) is 8.03. The van der Waals surface area contributed by atoms with E-state index in [0.717, 1.165) is 27.5 Å². The van der Waals surface area contributed by atoms with Crippen LogP contribution < -0.4 is 5.32 Å². The predicted molar refractivity (Wildman–Crippen MR) is 135 cm³/mol. The average molecular weight is 500 g/mol. The Balaban J connectivity index is 1.74. The van der Waals surface area contributed by atoms with Crippen molar-refractivity contribution in [2.24, 2.45) is 0 Å². The van der Waals surface area contributed by atoms with Crippen LogP contribution in [0.3, 0.4) is 0 Å². The first-order chi connectivity index (χ1) is 16.4. The minimum Gasteiger partial charge on any atom is -0.444 e. The molecule has 0 aliphatic carbocycles. The summed E-state index contributed by atoms with van der Waals surface area (Å²) in [6, 6.07) is 4.09. The summed E-state index contributed by atoms with van der Waals surface area (Å²) in [6.07, 6.45) is 1.81. The molecule has 9 nitrogen and oxygen atoms in total. The zero-order valence-corrected chi connectivity index (χ0v) is 22.2. The summed E-state index contributed by atoms with van der Waals surface area (Å²) in [5, 5.41) is 12.8. The molecule has 0 saturated heterocycles. The summed E-state index contributed by atoms with van der Waals surface area (Å²) in [4.78, 5) is 32.3. The van der Waals surface area contributed by atoms with Crippen LogP contribution in [0.5, 0.6) is 0 Å². The van der Waals surface area contributed by atoms with Gasteiger partial charge >= 0.3 is 6.09 Å². The Labute approximate surface area is 210 Å². The lowest BCUT2D eigenvalue weighted by Gasteiger charge is -2.29. The Morgan fingerprint density at radius 1 is 1.37 bits per heavy atom. The molecule has 2 aromatic heterocycles. The standard InChI is InChI=1S/C25H33N5O4S/c1-15-10-18(17(3)30(15)16(2)14-33-7)11-19(12-26)22(31)28-23-27-20-8-9-29(13-21(20)35-23)24(32)34-25(4,5)6/h10-11,16H,8-9,13-14H2,1-7H3,(H,27,28,31)/b19-11-. The lowest BCUT2D eigenvalue weighted by molar-refractivity contribution is -0.112. The van der Waals surface area contributed by atoms with Crippen molar-refractivity contribution in [1.29, 1.82) is 5.26 Å². The molecule has 0 bridgehead atoms. The van der Waals surface area contributed by atoms with Crippen molar-refractivity contribution in [3.63, 3.8) is 0 Å². The first kappa shape index (κ1) is 26.4. The van der Waals surface area contributed by atoms with E-state index in [2.05, 4.69) is 21.8 Å². The number of nitrogens with one attached hydrogen (secondary N) is 1. The summed E-state index contributed by atoms with van der Waals surface area (Å²) >= 11 is 1.31. The van der Waals surface area contributed by atoms with Crippen LogP contribution in [-0.2, 0) is 27.2 Å². The summed E-state index contributed by atoms with van der Waals surface area (Å²) < 4.78 is 12.9. The lowest BCUT2D eigenvalue weighted by atomic mass is 10.1. The SMILES string of the molecule is COCC(C)n1c(C)cc(/C=C(/C#N)C(=O)Nc2nc3c(s2)CN(C(=O)OC(C)(C)C)CC3)c1C. The number of hydrogen-bond acceptors (Lipinski definition) is 7. The molecule has 0 saturated carbocycles. The zero-order chi connectivity index (χ0) is 25.9. The van der Waals surface area contributed by atoms with Gasteiger partial charge in [0.15, 0.2) is 5.13 Å². The van der Waals surface area contributed by atoms with E-state index < -0.39 is 11.5 Å². The van der Waals surface area contributed by atoms with E-state index >= 15 is 0 Å². The third-order valence-corrected chi connectivity index (χ3v) is 6.64. The quantitative estimate of drug-likeness (QED) is 0.459. The minimum atomic E-state index is -0.566. The second kappa shape index (κ2) is 10.6. The lowest BCUT2D eigenvalue weighted by Crippen LogP contribution is -2.39. The molecule has 3 rings (SSSR count). The molecule has 0 spiro atoms. The van der Waals surface area contributed by atoms with E-state index in [4.69, 9.17) is 9.47 Å². The molecule has 2 aromatic rings. The highest BCUT2D eigenvalue weighted by Gasteiger charge is 2.28. The molecule has 0 aromatic carbocycles. The largest absolute Gasteiger partial charge is 0.444 e. The molecule has 1 unspecified atom stereocenters. The Bertz CT molecular complexity index is 1180. The summed E-state index contributed by atoms with van der Waals surface area (Å²) in [5.74, 6) is -0.516. The molecule has 1 atom stereocenters. The fraction of sp³-hybridized carbons (Fsp3) is 0.520. The van der Waals surface area contributed by atoms with Crippen molar-refractivity contribution >= 4 is 34.5 Å². The molecule has 1 aliphatic heterocycles. The van der Waals surface area contributed by atoms with Crippen molar-refractivity contribution in [3.05, 3.63) is 39.2 Å². The van der Waals surface area contributed by atoms with Crippen molar-refractivity contribution in [2.45, 2.75) is 66.2 Å². The monoisotopic (exact) mass is 499 g/mol. The maximum Gasteiger partial charge on any atom is 0.410 e. The second-order valence-corrected chi connectivity index (χ2v) is 10.7. The molecule has 1 N–H and O–H groups in total. The molecule has 10 heteroatoms. The number of nitrogens with zero attached hydrogens (tertiary/aromatic N) is 4. The van der Waals surface area contributed by atoms with E-state index in [0.29, 0.717) is 31.2 Å². The molecule has 188 valence electrons. The predicted octanol–water partition coefficient (Wildman–Crippen LogP) is 4.61. The van der Waals surface area contributed by atoms with Gasteiger partial charge in [0.2, 0.25) is 0 Å². The molecule has 3 heterocycles. The van der Waals surface area contributed by atoms with Gasteiger partial charge in [-0.3, -0.25) is 10.1 Å². The maximum atomic E-state index is 12.9. The number of thiazole rings is 1. The smallest absolute Gasteiger partial charge is 0.410 e. The van der Waals surface area contributed by atoms with E-state index in [-0.39, 0.29) is 17.7 Å². The first-order valence-electron chi connectivity index (χ1n) is 11.5. The molecule has 0 fully saturated rings. The summed E-state index contributed by atoms with van der Waals surface area (Å²) in [5.41, 5.74) is 3.07. The van der Waals surface area contributed by atoms with Gasteiger partial charge in [-0.25, -0.2) is 9.78 Å². The number of aromatic nitrogens is 2.